The van der Waals surface area contributed by atoms with Crippen LogP contribution < -0.4 is 15.8 Å². The summed E-state index contributed by atoms with van der Waals surface area (Å²) in [5, 5.41) is 13.7. The van der Waals surface area contributed by atoms with Crippen LogP contribution >= 0.6 is 0 Å². The van der Waals surface area contributed by atoms with Crippen molar-refractivity contribution < 1.29 is 18.0 Å². The fourth-order valence-corrected chi connectivity index (χ4v) is 2.44. The summed E-state index contributed by atoms with van der Waals surface area (Å²) in [5.74, 6) is -0.876. The Hall–Kier alpha value is -1.94. The predicted molar refractivity (Wildman–Crippen MR) is 64.4 cm³/mol. The van der Waals surface area contributed by atoms with E-state index in [-0.39, 0.29) is 23.0 Å². The smallest absolute Gasteiger partial charge is 0.248 e. The summed E-state index contributed by atoms with van der Waals surface area (Å²) in [6, 6.07) is -0.678. The Morgan fingerprint density at radius 3 is 2.84 bits per heavy atom. The molecule has 10 heteroatoms. The molecule has 1 atom stereocenters. The van der Waals surface area contributed by atoms with E-state index in [9.17, 15) is 18.0 Å². The average Bonchev–Trinajstić information content (AvgIpc) is 2.84. The summed E-state index contributed by atoms with van der Waals surface area (Å²) in [7, 11) is -2.48. The summed E-state index contributed by atoms with van der Waals surface area (Å²) in [6.45, 7) is 0. The Morgan fingerprint density at radius 1 is 1.63 bits per heavy atom. The fraction of sp³-hybridized carbons (Fsp3) is 0.444. The van der Waals surface area contributed by atoms with Gasteiger partial charge in [-0.3, -0.25) is 14.3 Å². The minimum absolute atomic E-state index is 0.142. The van der Waals surface area contributed by atoms with E-state index in [2.05, 4.69) is 15.7 Å². The molecule has 104 valence electrons. The number of carbonyl (C=O) groups excluding carboxylic acids is 2. The molecule has 1 aliphatic rings. The number of aromatic nitrogens is 2. The molecule has 0 radical (unpaired) electrons. The summed E-state index contributed by atoms with van der Waals surface area (Å²) in [6.07, 6.45) is 1.82. The van der Waals surface area contributed by atoms with Gasteiger partial charge in [-0.2, -0.15) is 5.10 Å². The molecule has 1 saturated heterocycles. The normalized spacial score (nSPS) is 19.3. The number of nitrogens with zero attached hydrogens (tertiary/aromatic N) is 2. The van der Waals surface area contributed by atoms with Crippen LogP contribution in [0.3, 0.4) is 0 Å². The molecule has 1 aromatic rings. The first kappa shape index (κ1) is 13.5. The number of rotatable bonds is 3. The Morgan fingerprint density at radius 2 is 2.32 bits per heavy atom. The number of hydrogen-bond acceptors (Lipinski definition) is 5. The lowest BCUT2D eigenvalue weighted by atomic mass is 10.2. The molecule has 0 bridgehead atoms. The summed E-state index contributed by atoms with van der Waals surface area (Å²) in [4.78, 5) is 22.6. The highest BCUT2D eigenvalue weighted by Gasteiger charge is 2.29. The first-order chi connectivity index (χ1) is 8.77. The van der Waals surface area contributed by atoms with Crippen LogP contribution in [0.15, 0.2) is 11.1 Å². The molecule has 4 N–H and O–H groups in total. The second-order valence-corrected chi connectivity index (χ2v) is 5.74. The van der Waals surface area contributed by atoms with Crippen molar-refractivity contribution in [3.63, 3.8) is 0 Å². The van der Waals surface area contributed by atoms with Crippen LogP contribution in [-0.4, -0.2) is 36.1 Å². The molecular weight excluding hydrogens is 274 g/mol. The van der Waals surface area contributed by atoms with E-state index in [1.807, 2.05) is 0 Å². The number of hydrogen-bond donors (Lipinski definition) is 3. The minimum atomic E-state index is -3.98. The highest BCUT2D eigenvalue weighted by molar-refractivity contribution is 7.89. The molecule has 2 heterocycles. The molecule has 19 heavy (non-hydrogen) atoms. The van der Waals surface area contributed by atoms with E-state index in [4.69, 9.17) is 5.14 Å². The lowest BCUT2D eigenvalue weighted by molar-refractivity contribution is -0.122. The maximum atomic E-state index is 11.8. The maximum absolute atomic E-state index is 11.8. The molecule has 1 fully saturated rings. The van der Waals surface area contributed by atoms with Gasteiger partial charge in [0.05, 0.1) is 0 Å². The van der Waals surface area contributed by atoms with Crippen molar-refractivity contribution in [1.29, 1.82) is 0 Å². The van der Waals surface area contributed by atoms with Gasteiger partial charge in [0.2, 0.25) is 21.8 Å². The fourth-order valence-electron chi connectivity index (χ4n) is 1.78. The molecule has 2 rings (SSSR count). The largest absolute Gasteiger partial charge is 0.344 e. The molecule has 1 aromatic heterocycles. The maximum Gasteiger partial charge on any atom is 0.248 e. The predicted octanol–water partition coefficient (Wildman–Crippen LogP) is -1.72. The second-order valence-electron chi connectivity index (χ2n) is 4.21. The van der Waals surface area contributed by atoms with Gasteiger partial charge in [0.25, 0.3) is 0 Å². The zero-order valence-corrected chi connectivity index (χ0v) is 10.9. The molecule has 9 nitrogen and oxygen atoms in total. The van der Waals surface area contributed by atoms with Gasteiger partial charge in [-0.1, -0.05) is 0 Å². The molecule has 1 aliphatic heterocycles. The number of carbonyl (C=O) groups is 2. The van der Waals surface area contributed by atoms with Crippen LogP contribution in [0.2, 0.25) is 0 Å². The molecular formula is C9H13N5O4S. The number of anilines is 1. The second kappa shape index (κ2) is 4.63. The van der Waals surface area contributed by atoms with Gasteiger partial charge in [0, 0.05) is 19.7 Å². The first-order valence-electron chi connectivity index (χ1n) is 5.44. The van der Waals surface area contributed by atoms with Crippen LogP contribution in [-0.2, 0) is 26.7 Å². The summed E-state index contributed by atoms with van der Waals surface area (Å²) < 4.78 is 23.9. The van der Waals surface area contributed by atoms with E-state index in [0.717, 1.165) is 0 Å². The van der Waals surface area contributed by atoms with Crippen LogP contribution in [0.1, 0.15) is 12.8 Å². The van der Waals surface area contributed by atoms with Gasteiger partial charge in [0.15, 0.2) is 5.82 Å². The number of nitrogens with one attached hydrogen (secondary N) is 2. The topological polar surface area (TPSA) is 136 Å². The van der Waals surface area contributed by atoms with Crippen molar-refractivity contribution in [2.24, 2.45) is 12.2 Å². The van der Waals surface area contributed by atoms with Gasteiger partial charge in [-0.15, -0.1) is 0 Å². The molecule has 2 amide bonds. The zero-order chi connectivity index (χ0) is 14.2. The van der Waals surface area contributed by atoms with Crippen LogP contribution in [0.5, 0.6) is 0 Å². The van der Waals surface area contributed by atoms with Crippen molar-refractivity contribution in [2.45, 2.75) is 23.8 Å². The Kier molecular flexibility index (Phi) is 3.28. The number of nitrogens with two attached hydrogens (primary N) is 1. The highest BCUT2D eigenvalue weighted by Crippen LogP contribution is 2.18. The van der Waals surface area contributed by atoms with Gasteiger partial charge in [-0.05, 0) is 6.42 Å². The molecule has 0 aromatic carbocycles. The average molecular weight is 287 g/mol. The molecule has 0 spiro atoms. The van der Waals surface area contributed by atoms with Gasteiger partial charge in [-0.25, -0.2) is 13.6 Å². The number of amides is 2. The summed E-state index contributed by atoms with van der Waals surface area (Å²) in [5.41, 5.74) is 0. The Balaban J connectivity index is 2.20. The van der Waals surface area contributed by atoms with Crippen LogP contribution in [0, 0.1) is 0 Å². The Bertz CT molecular complexity index is 635. The van der Waals surface area contributed by atoms with E-state index < -0.39 is 22.0 Å². The quantitative estimate of drug-likeness (QED) is 0.607. The minimum Gasteiger partial charge on any atom is -0.344 e. The monoisotopic (exact) mass is 287 g/mol. The third kappa shape index (κ3) is 2.90. The molecule has 0 saturated carbocycles. The van der Waals surface area contributed by atoms with E-state index in [0.29, 0.717) is 6.42 Å². The van der Waals surface area contributed by atoms with Crippen molar-refractivity contribution in [3.8, 4) is 0 Å². The molecule has 0 aliphatic carbocycles. The number of primary sulfonamides is 1. The van der Waals surface area contributed by atoms with E-state index in [1.54, 1.807) is 0 Å². The molecule has 0 unspecified atom stereocenters. The Labute approximate surface area is 109 Å². The standard InChI is InChI=1S/C9H13N5O4S/c1-14-4-6(19(10,17)18)8(13-14)12-9(16)5-2-3-7(15)11-5/h4-5H,2-3H2,1H3,(H,11,15)(H2,10,17,18)(H,12,13,16)/t5-/m0/s1. The van der Waals surface area contributed by atoms with Gasteiger partial charge < -0.3 is 10.6 Å². The third-order valence-corrected chi connectivity index (χ3v) is 3.57. The number of aryl methyl sites for hydroxylation is 1. The van der Waals surface area contributed by atoms with Crippen molar-refractivity contribution in [2.75, 3.05) is 5.32 Å². The van der Waals surface area contributed by atoms with Crippen LogP contribution in [0.4, 0.5) is 5.82 Å². The van der Waals surface area contributed by atoms with Crippen molar-refractivity contribution in [1.82, 2.24) is 15.1 Å². The van der Waals surface area contributed by atoms with E-state index >= 15 is 0 Å². The summed E-state index contributed by atoms with van der Waals surface area (Å²) >= 11 is 0. The highest BCUT2D eigenvalue weighted by atomic mass is 32.2. The van der Waals surface area contributed by atoms with Crippen molar-refractivity contribution in [3.05, 3.63) is 6.20 Å². The number of sulfonamides is 1. The third-order valence-electron chi connectivity index (χ3n) is 2.66. The zero-order valence-electron chi connectivity index (χ0n) is 10.1. The van der Waals surface area contributed by atoms with Crippen molar-refractivity contribution >= 4 is 27.7 Å². The van der Waals surface area contributed by atoms with E-state index in [1.165, 1.54) is 17.9 Å². The van der Waals surface area contributed by atoms with Gasteiger partial charge >= 0.3 is 0 Å². The SMILES string of the molecule is Cn1cc(S(N)(=O)=O)c(NC(=O)[C@@H]2CCC(=O)N2)n1. The lowest BCUT2D eigenvalue weighted by Crippen LogP contribution is -2.37. The van der Waals surface area contributed by atoms with Gasteiger partial charge in [0.1, 0.15) is 10.9 Å². The first-order valence-corrected chi connectivity index (χ1v) is 6.98. The lowest BCUT2D eigenvalue weighted by Gasteiger charge is -2.09. The van der Waals surface area contributed by atoms with Crippen LogP contribution in [0.25, 0.3) is 0 Å².